The summed E-state index contributed by atoms with van der Waals surface area (Å²) in [5.74, 6) is 0.455. The first-order valence-electron chi connectivity index (χ1n) is 9.62. The number of hydrogen-bond donors (Lipinski definition) is 1. The number of aryl methyl sites for hydroxylation is 2. The summed E-state index contributed by atoms with van der Waals surface area (Å²) < 4.78 is 27.9. The predicted molar refractivity (Wildman–Crippen MR) is 118 cm³/mol. The molecule has 2 fully saturated rings. The Balaban J connectivity index is 1.53. The van der Waals surface area contributed by atoms with Crippen molar-refractivity contribution in [1.29, 1.82) is 0 Å². The van der Waals surface area contributed by atoms with E-state index in [9.17, 15) is 13.2 Å². The Morgan fingerprint density at radius 2 is 1.80 bits per heavy atom. The maximum atomic E-state index is 12.8. The van der Waals surface area contributed by atoms with E-state index in [1.807, 2.05) is 30.9 Å². The first kappa shape index (κ1) is 19.7. The second-order valence-corrected chi connectivity index (χ2v) is 11.0. The van der Waals surface area contributed by atoms with Gasteiger partial charge in [0.2, 0.25) is 16.0 Å². The lowest BCUT2D eigenvalue weighted by Gasteiger charge is -2.55. The highest BCUT2D eigenvalue weighted by atomic mass is 79.9. The molecule has 1 aromatic carbocycles. The largest absolute Gasteiger partial charge is 0.333 e. The van der Waals surface area contributed by atoms with Crippen molar-refractivity contribution >= 4 is 42.9 Å². The quantitative estimate of drug-likeness (QED) is 0.596. The lowest BCUT2D eigenvalue weighted by Crippen LogP contribution is -2.70. The fraction of sp³-hybridized carbons (Fsp3) is 0.421. The molecule has 2 atom stereocenters. The molecule has 3 aromatic rings. The molecule has 0 saturated carbocycles. The zero-order valence-electron chi connectivity index (χ0n) is 16.8. The molecule has 2 aliphatic heterocycles. The van der Waals surface area contributed by atoms with Gasteiger partial charge < -0.3 is 4.90 Å². The molecule has 9 nitrogen and oxygen atoms in total. The number of aromatic amines is 1. The predicted octanol–water partition coefficient (Wildman–Crippen LogP) is 1.71. The van der Waals surface area contributed by atoms with Crippen molar-refractivity contribution in [3.8, 4) is 5.69 Å². The zero-order chi connectivity index (χ0) is 21.4. The Morgan fingerprint density at radius 3 is 2.40 bits per heavy atom. The van der Waals surface area contributed by atoms with Crippen LogP contribution in [-0.4, -0.2) is 63.9 Å². The summed E-state index contributed by atoms with van der Waals surface area (Å²) in [5.41, 5.74) is 3.11. The van der Waals surface area contributed by atoms with Gasteiger partial charge in [-0.3, -0.25) is 9.78 Å². The van der Waals surface area contributed by atoms with Gasteiger partial charge in [0.15, 0.2) is 5.65 Å². The van der Waals surface area contributed by atoms with Crippen molar-refractivity contribution in [3.05, 3.63) is 44.3 Å². The molecule has 2 aromatic heterocycles. The summed E-state index contributed by atoms with van der Waals surface area (Å²) in [5, 5.41) is 5.00. The monoisotopic (exact) mass is 492 g/mol. The van der Waals surface area contributed by atoms with Crippen LogP contribution in [-0.2, 0) is 10.0 Å². The fourth-order valence-corrected chi connectivity index (χ4v) is 6.17. The highest BCUT2D eigenvalue weighted by Crippen LogP contribution is 2.36. The van der Waals surface area contributed by atoms with Gasteiger partial charge in [0.1, 0.15) is 5.39 Å². The van der Waals surface area contributed by atoms with E-state index in [4.69, 9.17) is 0 Å². The molecule has 0 radical (unpaired) electrons. The van der Waals surface area contributed by atoms with Crippen molar-refractivity contribution in [2.24, 2.45) is 0 Å². The molecule has 0 aliphatic carbocycles. The Hall–Kier alpha value is -2.24. The summed E-state index contributed by atoms with van der Waals surface area (Å²) in [6.45, 7) is 4.81. The summed E-state index contributed by atoms with van der Waals surface area (Å²) in [7, 11) is -3.22. The van der Waals surface area contributed by atoms with Crippen LogP contribution in [0.15, 0.2) is 27.6 Å². The molecule has 4 heterocycles. The Bertz CT molecular complexity index is 1310. The summed E-state index contributed by atoms with van der Waals surface area (Å²) in [6, 6.07) is 4.04. The van der Waals surface area contributed by atoms with Crippen LogP contribution in [0.3, 0.4) is 0 Å². The first-order valence-corrected chi connectivity index (χ1v) is 12.3. The Morgan fingerprint density at radius 1 is 1.17 bits per heavy atom. The van der Waals surface area contributed by atoms with Crippen molar-refractivity contribution < 1.29 is 8.42 Å². The molecule has 11 heteroatoms. The average molecular weight is 493 g/mol. The molecule has 158 valence electrons. The highest BCUT2D eigenvalue weighted by molar-refractivity contribution is 9.10. The summed E-state index contributed by atoms with van der Waals surface area (Å²) in [4.78, 5) is 22.3. The summed E-state index contributed by atoms with van der Waals surface area (Å²) in [6.07, 6.45) is 3.82. The van der Waals surface area contributed by atoms with Gasteiger partial charge in [-0.1, -0.05) is 15.9 Å². The Labute approximate surface area is 181 Å². The molecule has 2 saturated heterocycles. The van der Waals surface area contributed by atoms with E-state index in [1.165, 1.54) is 10.6 Å². The number of fused-ring (bicyclic) bond motifs is 3. The van der Waals surface area contributed by atoms with Crippen LogP contribution in [0, 0.1) is 13.8 Å². The molecule has 30 heavy (non-hydrogen) atoms. The minimum absolute atomic E-state index is 0.0112. The number of sulfonamides is 1. The number of rotatable bonds is 3. The third kappa shape index (κ3) is 3.07. The van der Waals surface area contributed by atoms with Gasteiger partial charge in [-0.25, -0.2) is 13.1 Å². The van der Waals surface area contributed by atoms with Crippen molar-refractivity contribution in [1.82, 2.24) is 24.1 Å². The van der Waals surface area contributed by atoms with Gasteiger partial charge in [-0.15, -0.1) is 5.10 Å². The molecular formula is C19H21BrN6O3S. The number of halogens is 1. The Kier molecular flexibility index (Phi) is 4.35. The molecule has 0 spiro atoms. The molecule has 2 bridgehead atoms. The van der Waals surface area contributed by atoms with E-state index >= 15 is 0 Å². The SMILES string of the molecule is Cc1cc(Br)cc(C)c1-n1cc2c(=O)[nH]c(N3C4CC3CN(S(C)(=O)=O)C4)nc2n1. The summed E-state index contributed by atoms with van der Waals surface area (Å²) >= 11 is 3.50. The minimum atomic E-state index is -3.22. The normalized spacial score (nSPS) is 21.8. The van der Waals surface area contributed by atoms with Crippen LogP contribution in [0.4, 0.5) is 5.95 Å². The first-order chi connectivity index (χ1) is 14.1. The van der Waals surface area contributed by atoms with Crippen LogP contribution >= 0.6 is 15.9 Å². The smallest absolute Gasteiger partial charge is 0.263 e. The molecular weight excluding hydrogens is 472 g/mol. The maximum Gasteiger partial charge on any atom is 0.263 e. The molecule has 2 unspecified atom stereocenters. The van der Waals surface area contributed by atoms with Gasteiger partial charge in [0.05, 0.1) is 11.9 Å². The van der Waals surface area contributed by atoms with E-state index in [0.29, 0.717) is 30.1 Å². The van der Waals surface area contributed by atoms with Gasteiger partial charge in [-0.05, 0) is 43.5 Å². The van der Waals surface area contributed by atoms with Gasteiger partial charge in [-0.2, -0.15) is 9.29 Å². The number of piperidine rings is 1. The average Bonchev–Trinajstić information content (AvgIpc) is 3.04. The molecule has 5 rings (SSSR count). The lowest BCUT2D eigenvalue weighted by molar-refractivity contribution is 0.181. The second kappa shape index (κ2) is 6.63. The van der Waals surface area contributed by atoms with E-state index in [0.717, 1.165) is 27.7 Å². The van der Waals surface area contributed by atoms with Gasteiger partial charge in [0, 0.05) is 35.8 Å². The van der Waals surface area contributed by atoms with E-state index in [-0.39, 0.29) is 17.6 Å². The van der Waals surface area contributed by atoms with Crippen LogP contribution in [0.5, 0.6) is 0 Å². The van der Waals surface area contributed by atoms with Crippen LogP contribution in [0.25, 0.3) is 16.7 Å². The molecule has 0 amide bonds. The van der Waals surface area contributed by atoms with Gasteiger partial charge in [0.25, 0.3) is 5.56 Å². The van der Waals surface area contributed by atoms with Crippen molar-refractivity contribution in [2.75, 3.05) is 24.2 Å². The van der Waals surface area contributed by atoms with Crippen LogP contribution in [0.1, 0.15) is 17.5 Å². The number of benzene rings is 1. The minimum Gasteiger partial charge on any atom is -0.333 e. The van der Waals surface area contributed by atoms with Crippen LogP contribution in [0.2, 0.25) is 0 Å². The van der Waals surface area contributed by atoms with E-state index < -0.39 is 10.0 Å². The van der Waals surface area contributed by atoms with E-state index in [1.54, 1.807) is 10.9 Å². The highest BCUT2D eigenvalue weighted by Gasteiger charge is 2.48. The number of nitrogens with one attached hydrogen (secondary N) is 1. The zero-order valence-corrected chi connectivity index (χ0v) is 19.2. The van der Waals surface area contributed by atoms with Gasteiger partial charge >= 0.3 is 0 Å². The molecule has 2 aliphatic rings. The second-order valence-electron chi connectivity index (χ2n) is 8.12. The standard InChI is InChI=1S/C19H21BrN6O3S/c1-10-4-12(20)5-11(2)16(10)25-9-15-17(23-25)21-19(22-18(15)27)26-13-6-14(26)8-24(7-13)30(3,28)29/h4-5,9,13-14H,6-8H2,1-3H3,(H,21,22,23,27). The number of anilines is 1. The van der Waals surface area contributed by atoms with Crippen molar-refractivity contribution in [2.45, 2.75) is 32.4 Å². The topological polar surface area (TPSA) is 104 Å². The van der Waals surface area contributed by atoms with Crippen molar-refractivity contribution in [3.63, 3.8) is 0 Å². The number of nitrogens with zero attached hydrogens (tertiary/aromatic N) is 5. The number of piperazine rings is 1. The maximum absolute atomic E-state index is 12.8. The van der Waals surface area contributed by atoms with Crippen LogP contribution < -0.4 is 10.5 Å². The lowest BCUT2D eigenvalue weighted by atomic mass is 9.89. The molecule has 1 N–H and O–H groups in total. The third-order valence-electron chi connectivity index (χ3n) is 5.93. The number of H-pyrrole nitrogens is 1. The fourth-order valence-electron chi connectivity index (χ4n) is 4.59. The van der Waals surface area contributed by atoms with E-state index in [2.05, 4.69) is 31.0 Å². The number of hydrogen-bond acceptors (Lipinski definition) is 6. The third-order valence-corrected chi connectivity index (χ3v) is 7.63. The number of aromatic nitrogens is 4.